The first-order valence-electron chi connectivity index (χ1n) is 3.03. The van der Waals surface area contributed by atoms with E-state index in [9.17, 15) is 0 Å². The van der Waals surface area contributed by atoms with Crippen molar-refractivity contribution in [3.05, 3.63) is 16.3 Å². The molecule has 0 saturated carbocycles. The molecule has 0 aromatic carbocycles. The van der Waals surface area contributed by atoms with Crippen molar-refractivity contribution >= 4 is 17.6 Å². The number of oxime groups is 1. The number of rotatable bonds is 2. The van der Waals surface area contributed by atoms with Crippen LogP contribution in [0.5, 0.6) is 5.75 Å². The number of aryl methyl sites for hydroxylation is 1. The molecule has 0 atom stereocenters. The highest BCUT2D eigenvalue weighted by atomic mass is 32.1. The van der Waals surface area contributed by atoms with E-state index in [1.54, 1.807) is 17.6 Å². The first-order chi connectivity index (χ1) is 4.83. The zero-order valence-electron chi connectivity index (χ0n) is 6.00. The molecule has 0 bridgehead atoms. The molecule has 0 aliphatic carbocycles. The van der Waals surface area contributed by atoms with Crippen molar-refractivity contribution in [1.29, 1.82) is 0 Å². The zero-order valence-corrected chi connectivity index (χ0v) is 6.81. The molecule has 1 aromatic rings. The van der Waals surface area contributed by atoms with Crippen LogP contribution in [0.25, 0.3) is 0 Å². The summed E-state index contributed by atoms with van der Waals surface area (Å²) in [4.78, 5) is 6.19. The Morgan fingerprint density at radius 1 is 1.70 bits per heavy atom. The molecule has 2 nitrogen and oxygen atoms in total. The molecule has 0 saturated heterocycles. The van der Waals surface area contributed by atoms with Gasteiger partial charge in [0.2, 0.25) is 0 Å². The average Bonchev–Trinajstić information content (AvgIpc) is 2.31. The fraction of sp³-hybridized carbons (Fsp3) is 0.286. The summed E-state index contributed by atoms with van der Waals surface area (Å²) < 4.78 is 0. The van der Waals surface area contributed by atoms with Crippen LogP contribution < -0.4 is 4.84 Å². The molecule has 0 aliphatic rings. The fourth-order valence-corrected chi connectivity index (χ4v) is 1.18. The number of hydrogen-bond acceptors (Lipinski definition) is 3. The first kappa shape index (κ1) is 7.28. The van der Waals surface area contributed by atoms with Crippen molar-refractivity contribution < 1.29 is 4.84 Å². The highest BCUT2D eigenvalue weighted by Crippen LogP contribution is 2.20. The summed E-state index contributed by atoms with van der Waals surface area (Å²) in [6.45, 7) is 3.85. The Hall–Kier alpha value is -0.830. The van der Waals surface area contributed by atoms with Gasteiger partial charge in [0.05, 0.1) is 0 Å². The molecule has 1 aromatic heterocycles. The Morgan fingerprint density at radius 3 is 3.00 bits per heavy atom. The summed E-state index contributed by atoms with van der Waals surface area (Å²) >= 11 is 1.66. The van der Waals surface area contributed by atoms with Gasteiger partial charge in [-0.15, -0.1) is 11.3 Å². The van der Waals surface area contributed by atoms with E-state index in [4.69, 9.17) is 4.84 Å². The van der Waals surface area contributed by atoms with Crippen molar-refractivity contribution in [2.45, 2.75) is 13.8 Å². The minimum absolute atomic E-state index is 0.820. The van der Waals surface area contributed by atoms with Gasteiger partial charge in [0, 0.05) is 16.5 Å². The highest BCUT2D eigenvalue weighted by Gasteiger charge is 1.93. The third-order valence-corrected chi connectivity index (χ3v) is 1.81. The lowest BCUT2D eigenvalue weighted by atomic mass is 10.5. The molecule has 10 heavy (non-hydrogen) atoms. The summed E-state index contributed by atoms with van der Waals surface area (Å²) in [5.41, 5.74) is 0. The first-order valence-corrected chi connectivity index (χ1v) is 3.91. The lowest BCUT2D eigenvalue weighted by Crippen LogP contribution is -1.77. The second-order valence-corrected chi connectivity index (χ2v) is 2.96. The van der Waals surface area contributed by atoms with E-state index in [-0.39, 0.29) is 0 Å². The van der Waals surface area contributed by atoms with E-state index in [0.29, 0.717) is 0 Å². The largest absolute Gasteiger partial charge is 0.356 e. The van der Waals surface area contributed by atoms with Crippen LogP contribution in [-0.4, -0.2) is 6.21 Å². The van der Waals surface area contributed by atoms with E-state index < -0.39 is 0 Å². The summed E-state index contributed by atoms with van der Waals surface area (Å²) in [5.74, 6) is 0.820. The van der Waals surface area contributed by atoms with Gasteiger partial charge >= 0.3 is 0 Å². The molecule has 3 heteroatoms. The van der Waals surface area contributed by atoms with Gasteiger partial charge in [0.25, 0.3) is 0 Å². The maximum Gasteiger partial charge on any atom is 0.168 e. The van der Waals surface area contributed by atoms with Gasteiger partial charge in [-0.2, -0.15) is 0 Å². The normalized spacial score (nSPS) is 10.6. The molecule has 0 N–H and O–H groups in total. The average molecular weight is 155 g/mol. The third-order valence-electron chi connectivity index (χ3n) is 0.970. The number of nitrogens with zero attached hydrogens (tertiary/aromatic N) is 1. The molecular weight excluding hydrogens is 146 g/mol. The Kier molecular flexibility index (Phi) is 2.45. The fourth-order valence-electron chi connectivity index (χ4n) is 0.581. The van der Waals surface area contributed by atoms with Gasteiger partial charge in [0.1, 0.15) is 0 Å². The van der Waals surface area contributed by atoms with Crippen LogP contribution in [0.3, 0.4) is 0 Å². The Labute approximate surface area is 64.1 Å². The topological polar surface area (TPSA) is 21.6 Å². The van der Waals surface area contributed by atoms with Crippen molar-refractivity contribution in [2.75, 3.05) is 0 Å². The summed E-state index contributed by atoms with van der Waals surface area (Å²) in [5, 5.41) is 5.57. The van der Waals surface area contributed by atoms with Gasteiger partial charge in [0.15, 0.2) is 5.75 Å². The van der Waals surface area contributed by atoms with Crippen LogP contribution >= 0.6 is 11.3 Å². The van der Waals surface area contributed by atoms with Crippen LogP contribution in [-0.2, 0) is 0 Å². The molecule has 0 amide bonds. The number of thiophene rings is 1. The second kappa shape index (κ2) is 3.37. The molecule has 1 heterocycles. The van der Waals surface area contributed by atoms with E-state index >= 15 is 0 Å². The molecule has 0 spiro atoms. The van der Waals surface area contributed by atoms with Crippen molar-refractivity contribution in [2.24, 2.45) is 5.16 Å². The second-order valence-electron chi connectivity index (χ2n) is 1.85. The summed E-state index contributed by atoms with van der Waals surface area (Å²) in [6.07, 6.45) is 1.62. The number of hydrogen-bond donors (Lipinski definition) is 0. The molecule has 54 valence electrons. The molecule has 0 aliphatic heterocycles. The van der Waals surface area contributed by atoms with Gasteiger partial charge in [-0.1, -0.05) is 5.16 Å². The SMILES string of the molecule is C/C=N/Oc1csc(C)c1. The minimum atomic E-state index is 0.820. The van der Waals surface area contributed by atoms with Crippen molar-refractivity contribution in [1.82, 2.24) is 0 Å². The Bertz CT molecular complexity index is 229. The Balaban J connectivity index is 2.58. The minimum Gasteiger partial charge on any atom is -0.356 e. The van der Waals surface area contributed by atoms with E-state index in [2.05, 4.69) is 5.16 Å². The zero-order chi connectivity index (χ0) is 7.40. The van der Waals surface area contributed by atoms with Crippen LogP contribution in [0.1, 0.15) is 11.8 Å². The maximum atomic E-state index is 4.96. The molecule has 0 radical (unpaired) electrons. The molecule has 0 fully saturated rings. The van der Waals surface area contributed by atoms with Crippen LogP contribution in [0.2, 0.25) is 0 Å². The van der Waals surface area contributed by atoms with Crippen molar-refractivity contribution in [3.8, 4) is 5.75 Å². The smallest absolute Gasteiger partial charge is 0.168 e. The van der Waals surface area contributed by atoms with Crippen LogP contribution in [0.4, 0.5) is 0 Å². The van der Waals surface area contributed by atoms with E-state index in [0.717, 1.165) is 5.75 Å². The molecular formula is C7H9NOS. The summed E-state index contributed by atoms with van der Waals surface area (Å²) in [7, 11) is 0. The lowest BCUT2D eigenvalue weighted by molar-refractivity contribution is 0.345. The molecule has 0 unspecified atom stereocenters. The van der Waals surface area contributed by atoms with Gasteiger partial charge in [-0.05, 0) is 19.9 Å². The lowest BCUT2D eigenvalue weighted by Gasteiger charge is -1.88. The van der Waals surface area contributed by atoms with Crippen LogP contribution in [0.15, 0.2) is 16.6 Å². The predicted molar refractivity (Wildman–Crippen MR) is 43.9 cm³/mol. The van der Waals surface area contributed by atoms with E-state index in [1.165, 1.54) is 4.88 Å². The quantitative estimate of drug-likeness (QED) is 0.475. The van der Waals surface area contributed by atoms with Crippen LogP contribution in [0, 0.1) is 6.92 Å². The van der Waals surface area contributed by atoms with Gasteiger partial charge < -0.3 is 4.84 Å². The maximum absolute atomic E-state index is 4.96. The standard InChI is InChI=1S/C7H9NOS/c1-3-8-9-7-4-6(2)10-5-7/h3-5H,1-2H3/b8-3+. The van der Waals surface area contributed by atoms with E-state index in [1.807, 2.05) is 25.3 Å². The monoisotopic (exact) mass is 155 g/mol. The molecule has 1 rings (SSSR count). The van der Waals surface area contributed by atoms with Gasteiger partial charge in [-0.3, -0.25) is 0 Å². The highest BCUT2D eigenvalue weighted by molar-refractivity contribution is 7.10. The van der Waals surface area contributed by atoms with Crippen molar-refractivity contribution in [3.63, 3.8) is 0 Å². The summed E-state index contributed by atoms with van der Waals surface area (Å²) in [6, 6.07) is 1.96. The predicted octanol–water partition coefficient (Wildman–Crippen LogP) is 2.44. The van der Waals surface area contributed by atoms with Gasteiger partial charge in [-0.25, -0.2) is 0 Å². The third kappa shape index (κ3) is 1.84. The Morgan fingerprint density at radius 2 is 2.50 bits per heavy atom.